The second-order valence-corrected chi connectivity index (χ2v) is 6.90. The minimum Gasteiger partial charge on any atom is -0.365 e. The lowest BCUT2D eigenvalue weighted by Gasteiger charge is -2.16. The quantitative estimate of drug-likeness (QED) is 0.905. The minimum absolute atomic E-state index is 0.504. The Morgan fingerprint density at radius 1 is 1.26 bits per heavy atom. The molecule has 0 amide bonds. The molecule has 1 heterocycles. The molecule has 0 spiro atoms. The highest BCUT2D eigenvalue weighted by Gasteiger charge is 2.25. The van der Waals surface area contributed by atoms with Crippen LogP contribution in [0.25, 0.3) is 0 Å². The molecule has 0 aromatic heterocycles. The summed E-state index contributed by atoms with van der Waals surface area (Å²) in [5.74, 6) is 1.73. The maximum Gasteiger partial charge on any atom is 0.157 e. The van der Waals surface area contributed by atoms with Crippen molar-refractivity contribution in [1.82, 2.24) is 5.32 Å². The van der Waals surface area contributed by atoms with Gasteiger partial charge in [0.05, 0.1) is 11.8 Å². The molecule has 1 aliphatic carbocycles. The van der Waals surface area contributed by atoms with Crippen LogP contribution in [0.5, 0.6) is 0 Å². The molecular weight excluding hydrogens is 252 g/mol. The second kappa shape index (κ2) is 6.00. The van der Waals surface area contributed by atoms with E-state index >= 15 is 0 Å². The van der Waals surface area contributed by atoms with Gasteiger partial charge in [-0.05, 0) is 23.8 Å². The Labute approximate surface area is 120 Å². The number of amidine groups is 1. The van der Waals surface area contributed by atoms with Crippen molar-refractivity contribution in [2.75, 3.05) is 13.1 Å². The molecular formula is C16H22N2S. The topological polar surface area (TPSA) is 24.4 Å². The van der Waals surface area contributed by atoms with Crippen LogP contribution in [0, 0.1) is 11.8 Å². The summed E-state index contributed by atoms with van der Waals surface area (Å²) in [5.41, 5.74) is 1.39. The van der Waals surface area contributed by atoms with Crippen molar-refractivity contribution in [3.05, 3.63) is 35.9 Å². The van der Waals surface area contributed by atoms with Crippen LogP contribution in [0.2, 0.25) is 0 Å². The van der Waals surface area contributed by atoms with Crippen molar-refractivity contribution in [1.29, 1.82) is 0 Å². The number of nitrogens with one attached hydrogen (secondary N) is 1. The first kappa shape index (κ1) is 13.0. The van der Waals surface area contributed by atoms with E-state index in [9.17, 15) is 0 Å². The van der Waals surface area contributed by atoms with Crippen molar-refractivity contribution in [2.45, 2.75) is 31.4 Å². The molecule has 1 aromatic rings. The Morgan fingerprint density at radius 3 is 2.84 bits per heavy atom. The number of thioether (sulfide) groups is 1. The number of benzene rings is 1. The number of rotatable bonds is 3. The molecule has 0 saturated heterocycles. The van der Waals surface area contributed by atoms with Crippen molar-refractivity contribution in [3.8, 4) is 0 Å². The zero-order chi connectivity index (χ0) is 13.1. The molecule has 1 fully saturated rings. The monoisotopic (exact) mass is 274 g/mol. The van der Waals surface area contributed by atoms with Gasteiger partial charge in [-0.2, -0.15) is 0 Å². The Morgan fingerprint density at radius 2 is 2.11 bits per heavy atom. The van der Waals surface area contributed by atoms with Gasteiger partial charge in [-0.1, -0.05) is 61.9 Å². The van der Waals surface area contributed by atoms with Gasteiger partial charge >= 0.3 is 0 Å². The molecule has 0 radical (unpaired) electrons. The van der Waals surface area contributed by atoms with Gasteiger partial charge in [0, 0.05) is 6.54 Å². The van der Waals surface area contributed by atoms with E-state index < -0.39 is 0 Å². The highest BCUT2D eigenvalue weighted by atomic mass is 32.2. The first-order valence-corrected chi connectivity index (χ1v) is 8.21. The van der Waals surface area contributed by atoms with Gasteiger partial charge in [-0.15, -0.1) is 0 Å². The number of hydrogen-bond acceptors (Lipinski definition) is 3. The lowest BCUT2D eigenvalue weighted by atomic mass is 9.98. The normalized spacial score (nSPS) is 30.4. The molecule has 1 aromatic carbocycles. The molecule has 3 unspecified atom stereocenters. The number of nitrogens with zero attached hydrogens (tertiary/aromatic N) is 1. The van der Waals surface area contributed by atoms with E-state index in [-0.39, 0.29) is 0 Å². The molecule has 102 valence electrons. The highest BCUT2D eigenvalue weighted by Crippen LogP contribution is 2.35. The number of hydrogen-bond donors (Lipinski definition) is 1. The molecule has 1 aliphatic heterocycles. The van der Waals surface area contributed by atoms with Crippen molar-refractivity contribution < 1.29 is 0 Å². The van der Waals surface area contributed by atoms with Gasteiger partial charge in [0.1, 0.15) is 0 Å². The van der Waals surface area contributed by atoms with Gasteiger partial charge < -0.3 is 5.32 Å². The van der Waals surface area contributed by atoms with Crippen LogP contribution in [-0.2, 0) is 0 Å². The van der Waals surface area contributed by atoms with Gasteiger partial charge in [0.25, 0.3) is 0 Å². The largest absolute Gasteiger partial charge is 0.365 e. The third kappa shape index (κ3) is 3.14. The predicted molar refractivity (Wildman–Crippen MR) is 83.6 cm³/mol. The van der Waals surface area contributed by atoms with E-state index in [0.29, 0.717) is 5.25 Å². The molecule has 2 aliphatic rings. The molecule has 3 atom stereocenters. The summed E-state index contributed by atoms with van der Waals surface area (Å²) in [4.78, 5) is 4.65. The zero-order valence-corrected chi connectivity index (χ0v) is 12.3. The van der Waals surface area contributed by atoms with Crippen molar-refractivity contribution >= 4 is 16.9 Å². The molecule has 3 rings (SSSR count). The van der Waals surface area contributed by atoms with Crippen LogP contribution in [0.15, 0.2) is 35.3 Å². The van der Waals surface area contributed by atoms with E-state index in [1.165, 1.54) is 24.8 Å². The summed E-state index contributed by atoms with van der Waals surface area (Å²) < 4.78 is 0. The lowest BCUT2D eigenvalue weighted by Crippen LogP contribution is -2.27. The van der Waals surface area contributed by atoms with Gasteiger partial charge in [-0.25, -0.2) is 0 Å². The lowest BCUT2D eigenvalue weighted by molar-refractivity contribution is 0.416. The van der Waals surface area contributed by atoms with E-state index in [1.54, 1.807) is 0 Å². The van der Waals surface area contributed by atoms with Crippen LogP contribution < -0.4 is 5.32 Å². The van der Waals surface area contributed by atoms with E-state index in [4.69, 9.17) is 0 Å². The van der Waals surface area contributed by atoms with Crippen molar-refractivity contribution in [3.63, 3.8) is 0 Å². The summed E-state index contributed by atoms with van der Waals surface area (Å²) in [6.07, 6.45) is 4.19. The summed E-state index contributed by atoms with van der Waals surface area (Å²) in [5, 5.41) is 5.22. The summed E-state index contributed by atoms with van der Waals surface area (Å²) in [6.45, 7) is 4.40. The molecule has 1 saturated carbocycles. The van der Waals surface area contributed by atoms with Gasteiger partial charge in [0.15, 0.2) is 5.17 Å². The second-order valence-electron chi connectivity index (χ2n) is 5.71. The van der Waals surface area contributed by atoms with Gasteiger partial charge in [0.2, 0.25) is 0 Å². The SMILES string of the molecule is CC1CCCC1CNC1=NCC(c2ccccc2)S1. The minimum atomic E-state index is 0.504. The molecule has 1 N–H and O–H groups in total. The third-order valence-corrected chi connectivity index (χ3v) is 5.58. The van der Waals surface area contributed by atoms with E-state index in [1.807, 2.05) is 11.8 Å². The molecule has 19 heavy (non-hydrogen) atoms. The first-order valence-electron chi connectivity index (χ1n) is 7.33. The van der Waals surface area contributed by atoms with E-state index in [2.05, 4.69) is 47.6 Å². The third-order valence-electron chi connectivity index (χ3n) is 4.38. The van der Waals surface area contributed by atoms with Crippen molar-refractivity contribution in [2.24, 2.45) is 16.8 Å². The zero-order valence-electron chi connectivity index (χ0n) is 11.5. The molecule has 3 heteroatoms. The molecule has 2 nitrogen and oxygen atoms in total. The average molecular weight is 274 g/mol. The van der Waals surface area contributed by atoms with Crippen LogP contribution in [0.3, 0.4) is 0 Å². The summed E-state index contributed by atoms with van der Waals surface area (Å²) >= 11 is 1.89. The smallest absolute Gasteiger partial charge is 0.157 e. The standard InChI is InChI=1S/C16H22N2S/c1-12-6-5-9-14(12)10-17-16-18-11-15(19-16)13-7-3-2-4-8-13/h2-4,7-8,12,14-15H,5-6,9-11H2,1H3,(H,17,18). The number of aliphatic imine (C=N–C) groups is 1. The Balaban J connectivity index is 1.49. The van der Waals surface area contributed by atoms with Crippen LogP contribution in [0.1, 0.15) is 37.0 Å². The fraction of sp³-hybridized carbons (Fsp3) is 0.562. The van der Waals surface area contributed by atoms with E-state index in [0.717, 1.165) is 30.1 Å². The molecule has 0 bridgehead atoms. The van der Waals surface area contributed by atoms with Crippen LogP contribution >= 0.6 is 11.8 Å². The fourth-order valence-corrected chi connectivity index (χ4v) is 4.09. The average Bonchev–Trinajstić information content (AvgIpc) is 3.06. The Bertz CT molecular complexity index is 443. The first-order chi connectivity index (χ1) is 9.33. The maximum absolute atomic E-state index is 4.65. The highest BCUT2D eigenvalue weighted by molar-refractivity contribution is 8.14. The summed E-state index contributed by atoms with van der Waals surface area (Å²) in [7, 11) is 0. The van der Waals surface area contributed by atoms with Gasteiger partial charge in [-0.3, -0.25) is 4.99 Å². The Kier molecular flexibility index (Phi) is 4.12. The summed E-state index contributed by atoms with van der Waals surface area (Å²) in [6, 6.07) is 10.7. The maximum atomic E-state index is 4.65. The Hall–Kier alpha value is -0.960. The fourth-order valence-electron chi connectivity index (χ4n) is 3.06. The van der Waals surface area contributed by atoms with Crippen LogP contribution in [0.4, 0.5) is 0 Å². The van der Waals surface area contributed by atoms with Crippen LogP contribution in [-0.4, -0.2) is 18.3 Å². The predicted octanol–water partition coefficient (Wildman–Crippen LogP) is 3.86.